The van der Waals surface area contributed by atoms with Crippen LogP contribution >= 0.6 is 0 Å². The fourth-order valence-corrected chi connectivity index (χ4v) is 2.31. The van der Waals surface area contributed by atoms with Gasteiger partial charge < -0.3 is 10.2 Å². The molecule has 0 atom stereocenters. The van der Waals surface area contributed by atoms with Gasteiger partial charge in [-0.15, -0.1) is 0 Å². The molecule has 2 heteroatoms. The van der Waals surface area contributed by atoms with Crippen LogP contribution in [-0.2, 0) is 13.2 Å². The minimum atomic E-state index is -0.0543. The molecule has 0 aliphatic heterocycles. The zero-order chi connectivity index (χ0) is 13.1. The molecule has 0 saturated carbocycles. The van der Waals surface area contributed by atoms with Gasteiger partial charge in [0.2, 0.25) is 0 Å². The topological polar surface area (TPSA) is 40.5 Å². The second-order valence-electron chi connectivity index (χ2n) is 4.51. The third-order valence-electron chi connectivity index (χ3n) is 3.50. The molecule has 0 bridgehead atoms. The summed E-state index contributed by atoms with van der Waals surface area (Å²) in [5, 5.41) is 19.1. The second kappa shape index (κ2) is 5.34. The highest BCUT2D eigenvalue weighted by Crippen LogP contribution is 2.30. The van der Waals surface area contributed by atoms with Crippen molar-refractivity contribution in [1.82, 2.24) is 0 Å². The summed E-state index contributed by atoms with van der Waals surface area (Å²) in [6.45, 7) is 3.92. The third kappa shape index (κ3) is 2.17. The molecule has 2 aromatic carbocycles. The van der Waals surface area contributed by atoms with Crippen LogP contribution in [0.3, 0.4) is 0 Å². The fourth-order valence-electron chi connectivity index (χ4n) is 2.31. The maximum atomic E-state index is 9.60. The molecule has 0 unspecified atom stereocenters. The Balaban J connectivity index is 2.71. The lowest BCUT2D eigenvalue weighted by molar-refractivity contribution is 0.259. The normalized spacial score (nSPS) is 10.7. The van der Waals surface area contributed by atoms with Crippen LogP contribution < -0.4 is 0 Å². The van der Waals surface area contributed by atoms with E-state index < -0.39 is 0 Å². The molecule has 0 amide bonds. The van der Waals surface area contributed by atoms with Gasteiger partial charge >= 0.3 is 0 Å². The Hall–Kier alpha value is -1.64. The molecule has 0 radical (unpaired) electrons. The van der Waals surface area contributed by atoms with Crippen LogP contribution in [0, 0.1) is 13.8 Å². The van der Waals surface area contributed by atoms with E-state index >= 15 is 0 Å². The lowest BCUT2D eigenvalue weighted by atomic mass is 9.90. The standard InChI is InChI=1S/C16H18O2/c1-11-8-14(13-6-4-3-5-7-13)16(10-18)15(9-17)12(11)2/h3-8,17-18H,9-10H2,1-2H3. The molecule has 0 aliphatic rings. The van der Waals surface area contributed by atoms with Gasteiger partial charge in [-0.3, -0.25) is 0 Å². The first-order valence-electron chi connectivity index (χ1n) is 6.08. The molecule has 94 valence electrons. The molecule has 0 fully saturated rings. The highest BCUT2D eigenvalue weighted by Gasteiger charge is 2.13. The Labute approximate surface area is 108 Å². The highest BCUT2D eigenvalue weighted by atomic mass is 16.3. The van der Waals surface area contributed by atoms with Crippen LogP contribution in [0.25, 0.3) is 11.1 Å². The van der Waals surface area contributed by atoms with Crippen molar-refractivity contribution in [3.63, 3.8) is 0 Å². The summed E-state index contributed by atoms with van der Waals surface area (Å²) in [7, 11) is 0. The summed E-state index contributed by atoms with van der Waals surface area (Å²) in [5.74, 6) is 0. The van der Waals surface area contributed by atoms with E-state index in [0.717, 1.165) is 33.4 Å². The molecule has 2 nitrogen and oxygen atoms in total. The first-order chi connectivity index (χ1) is 8.69. The Morgan fingerprint density at radius 1 is 0.889 bits per heavy atom. The number of aliphatic hydroxyl groups is 2. The average Bonchev–Trinajstić information content (AvgIpc) is 2.42. The molecule has 0 heterocycles. The number of aryl methyl sites for hydroxylation is 1. The SMILES string of the molecule is Cc1cc(-c2ccccc2)c(CO)c(CO)c1C. The molecule has 2 aromatic rings. The monoisotopic (exact) mass is 242 g/mol. The third-order valence-corrected chi connectivity index (χ3v) is 3.50. The van der Waals surface area contributed by atoms with Gasteiger partial charge in [-0.25, -0.2) is 0 Å². The zero-order valence-corrected chi connectivity index (χ0v) is 10.8. The smallest absolute Gasteiger partial charge is 0.0691 e. The predicted molar refractivity (Wildman–Crippen MR) is 73.2 cm³/mol. The lowest BCUT2D eigenvalue weighted by Crippen LogP contribution is -2.02. The number of benzene rings is 2. The number of hydrogen-bond acceptors (Lipinski definition) is 2. The molecular formula is C16H18O2. The maximum absolute atomic E-state index is 9.60. The molecule has 18 heavy (non-hydrogen) atoms. The summed E-state index contributed by atoms with van der Waals surface area (Å²) in [4.78, 5) is 0. The summed E-state index contributed by atoms with van der Waals surface area (Å²) in [5.41, 5.74) is 5.93. The Bertz CT molecular complexity index is 545. The van der Waals surface area contributed by atoms with E-state index in [9.17, 15) is 10.2 Å². The van der Waals surface area contributed by atoms with Crippen LogP contribution in [0.15, 0.2) is 36.4 Å². The van der Waals surface area contributed by atoms with E-state index in [-0.39, 0.29) is 13.2 Å². The van der Waals surface area contributed by atoms with Gasteiger partial charge in [-0.1, -0.05) is 36.4 Å². The lowest BCUT2D eigenvalue weighted by Gasteiger charge is -2.17. The Kier molecular flexibility index (Phi) is 3.80. The molecule has 0 saturated heterocycles. The van der Waals surface area contributed by atoms with Crippen molar-refractivity contribution in [2.75, 3.05) is 0 Å². The minimum absolute atomic E-state index is 0.0385. The van der Waals surface area contributed by atoms with Crippen LogP contribution in [0.4, 0.5) is 0 Å². The largest absolute Gasteiger partial charge is 0.392 e. The first-order valence-corrected chi connectivity index (χ1v) is 6.08. The van der Waals surface area contributed by atoms with E-state index in [1.165, 1.54) is 0 Å². The van der Waals surface area contributed by atoms with Crippen molar-refractivity contribution in [3.05, 3.63) is 58.7 Å². The van der Waals surface area contributed by atoms with Crippen molar-refractivity contribution >= 4 is 0 Å². The number of hydrogen-bond donors (Lipinski definition) is 2. The van der Waals surface area contributed by atoms with E-state index in [0.29, 0.717) is 0 Å². The van der Waals surface area contributed by atoms with Crippen LogP contribution in [0.1, 0.15) is 22.3 Å². The van der Waals surface area contributed by atoms with Gasteiger partial charge in [0.15, 0.2) is 0 Å². The van der Waals surface area contributed by atoms with Crippen LogP contribution in [0.2, 0.25) is 0 Å². The first kappa shape index (κ1) is 12.8. The zero-order valence-electron chi connectivity index (χ0n) is 10.8. The number of aliphatic hydroxyl groups excluding tert-OH is 2. The molecule has 0 aliphatic carbocycles. The molecule has 0 aromatic heterocycles. The second-order valence-corrected chi connectivity index (χ2v) is 4.51. The minimum Gasteiger partial charge on any atom is -0.392 e. The summed E-state index contributed by atoms with van der Waals surface area (Å²) in [6.07, 6.45) is 0. The predicted octanol–water partition coefficient (Wildman–Crippen LogP) is 2.96. The van der Waals surface area contributed by atoms with Crippen molar-refractivity contribution < 1.29 is 10.2 Å². The van der Waals surface area contributed by atoms with E-state index in [2.05, 4.69) is 6.07 Å². The quantitative estimate of drug-likeness (QED) is 0.868. The van der Waals surface area contributed by atoms with E-state index in [1.807, 2.05) is 44.2 Å². The van der Waals surface area contributed by atoms with Crippen LogP contribution in [0.5, 0.6) is 0 Å². The van der Waals surface area contributed by atoms with Gasteiger partial charge in [0.25, 0.3) is 0 Å². The fraction of sp³-hybridized carbons (Fsp3) is 0.250. The molecule has 0 spiro atoms. The number of rotatable bonds is 3. The van der Waals surface area contributed by atoms with Gasteiger partial charge in [-0.2, -0.15) is 0 Å². The van der Waals surface area contributed by atoms with E-state index in [1.54, 1.807) is 0 Å². The average molecular weight is 242 g/mol. The van der Waals surface area contributed by atoms with Crippen molar-refractivity contribution in [2.24, 2.45) is 0 Å². The van der Waals surface area contributed by atoms with Crippen molar-refractivity contribution in [3.8, 4) is 11.1 Å². The van der Waals surface area contributed by atoms with Gasteiger partial charge in [0.1, 0.15) is 0 Å². The van der Waals surface area contributed by atoms with Gasteiger partial charge in [0, 0.05) is 0 Å². The molecule has 2 N–H and O–H groups in total. The van der Waals surface area contributed by atoms with Gasteiger partial charge in [0.05, 0.1) is 13.2 Å². The summed E-state index contributed by atoms with van der Waals surface area (Å²) >= 11 is 0. The maximum Gasteiger partial charge on any atom is 0.0691 e. The summed E-state index contributed by atoms with van der Waals surface area (Å²) in [6, 6.07) is 12.0. The van der Waals surface area contributed by atoms with Crippen LogP contribution in [-0.4, -0.2) is 10.2 Å². The summed E-state index contributed by atoms with van der Waals surface area (Å²) < 4.78 is 0. The Morgan fingerprint density at radius 3 is 2.06 bits per heavy atom. The van der Waals surface area contributed by atoms with Crippen molar-refractivity contribution in [1.29, 1.82) is 0 Å². The van der Waals surface area contributed by atoms with E-state index in [4.69, 9.17) is 0 Å². The van der Waals surface area contributed by atoms with Crippen molar-refractivity contribution in [2.45, 2.75) is 27.1 Å². The Morgan fingerprint density at radius 2 is 1.50 bits per heavy atom. The highest BCUT2D eigenvalue weighted by molar-refractivity contribution is 5.70. The van der Waals surface area contributed by atoms with Gasteiger partial charge in [-0.05, 0) is 47.2 Å². The molecular weight excluding hydrogens is 224 g/mol. The molecule has 2 rings (SSSR count).